The Morgan fingerprint density at radius 3 is 2.53 bits per heavy atom. The molecule has 1 aliphatic heterocycles. The highest BCUT2D eigenvalue weighted by molar-refractivity contribution is 5.92. The van der Waals surface area contributed by atoms with Crippen molar-refractivity contribution >= 4 is 22.4 Å². The van der Waals surface area contributed by atoms with Gasteiger partial charge in [-0.3, -0.25) is 4.98 Å². The molecule has 0 bridgehead atoms. The Morgan fingerprint density at radius 1 is 1.17 bits per heavy atom. The first-order valence-corrected chi connectivity index (χ1v) is 9.91. The summed E-state index contributed by atoms with van der Waals surface area (Å²) in [5.74, 6) is 0.548. The fourth-order valence-electron chi connectivity index (χ4n) is 4.05. The molecular formula is C22H25F2N5O. The molecule has 2 aromatic heterocycles. The molecule has 1 fully saturated rings. The number of aromatic nitrogens is 3. The molecular weight excluding hydrogens is 388 g/mol. The summed E-state index contributed by atoms with van der Waals surface area (Å²) in [7, 11) is 0. The quantitative estimate of drug-likeness (QED) is 0.649. The zero-order valence-corrected chi connectivity index (χ0v) is 17.4. The van der Waals surface area contributed by atoms with Crippen molar-refractivity contribution < 1.29 is 13.9 Å². The molecule has 0 amide bonds. The van der Waals surface area contributed by atoms with E-state index in [2.05, 4.69) is 20.5 Å². The van der Waals surface area contributed by atoms with E-state index in [4.69, 9.17) is 0 Å². The molecule has 30 heavy (non-hydrogen) atoms. The summed E-state index contributed by atoms with van der Waals surface area (Å²) in [6.07, 6.45) is -0.743. The van der Waals surface area contributed by atoms with E-state index in [0.29, 0.717) is 30.2 Å². The van der Waals surface area contributed by atoms with Crippen molar-refractivity contribution in [2.45, 2.75) is 45.8 Å². The maximum atomic E-state index is 13.3. The molecule has 1 saturated heterocycles. The molecule has 6 nitrogen and oxygen atoms in total. The molecule has 1 aliphatic rings. The molecule has 0 spiro atoms. The molecule has 0 unspecified atom stereocenters. The Morgan fingerprint density at radius 2 is 1.87 bits per heavy atom. The van der Waals surface area contributed by atoms with Gasteiger partial charge in [0.25, 0.3) is 6.43 Å². The van der Waals surface area contributed by atoms with Crippen LogP contribution in [0.25, 0.3) is 10.9 Å². The molecule has 0 aliphatic carbocycles. The number of nitrogens with zero attached hydrogens (tertiary/aromatic N) is 4. The van der Waals surface area contributed by atoms with Crippen LogP contribution in [0, 0.1) is 13.8 Å². The first-order valence-electron chi connectivity index (χ1n) is 9.91. The lowest BCUT2D eigenvalue weighted by molar-refractivity contribution is 0.0310. The van der Waals surface area contributed by atoms with Crippen LogP contribution in [0.3, 0.4) is 0 Å². The normalized spacial score (nSPS) is 16.6. The lowest BCUT2D eigenvalue weighted by atomic mass is 9.96. The van der Waals surface area contributed by atoms with E-state index in [1.807, 2.05) is 30.9 Å². The average molecular weight is 413 g/mol. The molecule has 1 aromatic carbocycles. The Balaban J connectivity index is 1.69. The summed E-state index contributed by atoms with van der Waals surface area (Å²) >= 11 is 0. The molecule has 158 valence electrons. The van der Waals surface area contributed by atoms with Crippen LogP contribution in [0.2, 0.25) is 0 Å². The Kier molecular flexibility index (Phi) is 5.05. The lowest BCUT2D eigenvalue weighted by Crippen LogP contribution is -2.60. The van der Waals surface area contributed by atoms with Gasteiger partial charge in [0, 0.05) is 24.0 Å². The van der Waals surface area contributed by atoms with E-state index in [0.717, 1.165) is 22.2 Å². The summed E-state index contributed by atoms with van der Waals surface area (Å²) in [4.78, 5) is 6.61. The van der Waals surface area contributed by atoms with Gasteiger partial charge in [-0.15, -0.1) is 5.10 Å². The monoisotopic (exact) mass is 413 g/mol. The van der Waals surface area contributed by atoms with Gasteiger partial charge in [-0.05, 0) is 44.9 Å². The summed E-state index contributed by atoms with van der Waals surface area (Å²) in [5, 5.41) is 22.7. The Labute approximate surface area is 174 Å². The first-order chi connectivity index (χ1) is 14.2. The standard InChI is InChI=1S/C22H25F2N5O/c1-12-16(6-5-7-17(12)20(23)24)13(2)26-21-18-8-15(29-10-22(4,30)11-29)9-25-19(18)14(3)27-28-21/h5-9,13,20,30H,10-11H2,1-4H3,(H,26,28)/t13-/m1/s1. The van der Waals surface area contributed by atoms with Gasteiger partial charge in [0.2, 0.25) is 0 Å². The van der Waals surface area contributed by atoms with Crippen LogP contribution in [0.1, 0.15) is 48.7 Å². The lowest BCUT2D eigenvalue weighted by Gasteiger charge is -2.45. The maximum absolute atomic E-state index is 13.3. The van der Waals surface area contributed by atoms with Gasteiger partial charge in [0.05, 0.1) is 34.7 Å². The van der Waals surface area contributed by atoms with E-state index < -0.39 is 12.0 Å². The van der Waals surface area contributed by atoms with E-state index >= 15 is 0 Å². The number of nitrogens with one attached hydrogen (secondary N) is 1. The zero-order chi connectivity index (χ0) is 21.6. The van der Waals surface area contributed by atoms with Crippen LogP contribution >= 0.6 is 0 Å². The Hall–Kier alpha value is -2.87. The molecule has 3 heterocycles. The molecule has 8 heteroatoms. The molecule has 1 atom stereocenters. The van der Waals surface area contributed by atoms with Gasteiger partial charge in [0.15, 0.2) is 5.82 Å². The molecule has 0 radical (unpaired) electrons. The number of aryl methyl sites for hydroxylation is 1. The van der Waals surface area contributed by atoms with Gasteiger partial charge in [-0.2, -0.15) is 5.10 Å². The number of benzene rings is 1. The summed E-state index contributed by atoms with van der Waals surface area (Å²) in [6.45, 7) is 8.35. The van der Waals surface area contributed by atoms with Gasteiger partial charge in [-0.1, -0.05) is 18.2 Å². The van der Waals surface area contributed by atoms with Crippen molar-refractivity contribution in [2.24, 2.45) is 0 Å². The smallest absolute Gasteiger partial charge is 0.264 e. The highest BCUT2D eigenvalue weighted by Gasteiger charge is 2.36. The Bertz CT molecular complexity index is 1090. The number of rotatable bonds is 5. The van der Waals surface area contributed by atoms with Gasteiger partial charge in [-0.25, -0.2) is 8.78 Å². The largest absolute Gasteiger partial charge is 0.386 e. The third kappa shape index (κ3) is 3.67. The average Bonchev–Trinajstić information content (AvgIpc) is 2.67. The minimum absolute atomic E-state index is 0.0368. The predicted molar refractivity (Wildman–Crippen MR) is 113 cm³/mol. The van der Waals surface area contributed by atoms with Crippen LogP contribution in [0.4, 0.5) is 20.3 Å². The van der Waals surface area contributed by atoms with Crippen molar-refractivity contribution in [3.05, 3.63) is 52.8 Å². The summed E-state index contributed by atoms with van der Waals surface area (Å²) in [5.41, 5.74) is 3.03. The van der Waals surface area contributed by atoms with Crippen LogP contribution in [-0.2, 0) is 0 Å². The number of alkyl halides is 2. The number of halogens is 2. The van der Waals surface area contributed by atoms with Crippen LogP contribution in [0.5, 0.6) is 0 Å². The minimum atomic E-state index is -2.52. The third-order valence-electron chi connectivity index (χ3n) is 5.67. The van der Waals surface area contributed by atoms with Gasteiger partial charge in [0.1, 0.15) is 0 Å². The SMILES string of the molecule is Cc1c(C(F)F)cccc1[C@@H](C)Nc1nnc(C)c2ncc(N3CC(C)(O)C3)cc12. The second-order valence-corrected chi connectivity index (χ2v) is 8.30. The minimum Gasteiger partial charge on any atom is -0.386 e. The van der Waals surface area contributed by atoms with E-state index in [1.54, 1.807) is 26.1 Å². The topological polar surface area (TPSA) is 74.2 Å². The molecule has 4 rings (SSSR count). The molecule has 2 N–H and O–H groups in total. The number of β-amino-alcohol motifs (C(OH)–C–C–N with tert-alkyl or cyclic N) is 1. The number of anilines is 2. The third-order valence-corrected chi connectivity index (χ3v) is 5.67. The molecule has 3 aromatic rings. The van der Waals surface area contributed by atoms with Crippen LogP contribution < -0.4 is 10.2 Å². The van der Waals surface area contributed by atoms with E-state index in [9.17, 15) is 13.9 Å². The predicted octanol–water partition coefficient (Wildman–Crippen LogP) is 4.32. The van der Waals surface area contributed by atoms with Crippen molar-refractivity contribution in [3.8, 4) is 0 Å². The van der Waals surface area contributed by atoms with Crippen molar-refractivity contribution in [1.82, 2.24) is 15.2 Å². The number of pyridine rings is 1. The number of hydrogen-bond acceptors (Lipinski definition) is 6. The fourth-order valence-corrected chi connectivity index (χ4v) is 4.05. The summed E-state index contributed by atoms with van der Waals surface area (Å²) < 4.78 is 26.6. The van der Waals surface area contributed by atoms with Crippen LogP contribution in [0.15, 0.2) is 30.5 Å². The van der Waals surface area contributed by atoms with Gasteiger partial charge >= 0.3 is 0 Å². The fraction of sp³-hybridized carbons (Fsp3) is 0.409. The zero-order valence-electron chi connectivity index (χ0n) is 17.4. The highest BCUT2D eigenvalue weighted by atomic mass is 19.3. The van der Waals surface area contributed by atoms with Crippen molar-refractivity contribution in [2.75, 3.05) is 23.3 Å². The number of aliphatic hydroxyl groups is 1. The number of fused-ring (bicyclic) bond motifs is 1. The van der Waals surface area contributed by atoms with E-state index in [1.165, 1.54) is 6.07 Å². The second-order valence-electron chi connectivity index (χ2n) is 8.30. The van der Waals surface area contributed by atoms with Crippen molar-refractivity contribution in [1.29, 1.82) is 0 Å². The molecule has 0 saturated carbocycles. The first kappa shape index (κ1) is 20.4. The van der Waals surface area contributed by atoms with Gasteiger partial charge < -0.3 is 15.3 Å². The second kappa shape index (κ2) is 7.43. The number of hydrogen-bond donors (Lipinski definition) is 2. The summed E-state index contributed by atoms with van der Waals surface area (Å²) in [6, 6.07) is 6.68. The van der Waals surface area contributed by atoms with Crippen LogP contribution in [-0.4, -0.2) is 39.0 Å². The maximum Gasteiger partial charge on any atom is 0.264 e. The van der Waals surface area contributed by atoms with Crippen molar-refractivity contribution in [3.63, 3.8) is 0 Å². The highest BCUT2D eigenvalue weighted by Crippen LogP contribution is 2.33. The van der Waals surface area contributed by atoms with E-state index in [-0.39, 0.29) is 11.6 Å².